The lowest BCUT2D eigenvalue weighted by molar-refractivity contribution is -0.128. The van der Waals surface area contributed by atoms with Gasteiger partial charge >= 0.3 is 6.09 Å². The number of rotatable bonds is 3. The highest BCUT2D eigenvalue weighted by molar-refractivity contribution is 5.82. The molecule has 5 heteroatoms. The smallest absolute Gasteiger partial charge is 0.408 e. The second-order valence-electron chi connectivity index (χ2n) is 4.26. The third-order valence-electron chi connectivity index (χ3n) is 1.68. The molecule has 0 unspecified atom stereocenters. The molecule has 5 nitrogen and oxygen atoms in total. The summed E-state index contributed by atoms with van der Waals surface area (Å²) in [6, 6.07) is 0. The van der Waals surface area contributed by atoms with Gasteiger partial charge in [-0.1, -0.05) is 0 Å². The maximum atomic E-state index is 11.3. The van der Waals surface area contributed by atoms with Crippen molar-refractivity contribution in [3.63, 3.8) is 0 Å². The number of ether oxygens (including phenoxy) is 1. The zero-order valence-electron chi connectivity index (χ0n) is 10.1. The molecule has 0 saturated heterocycles. The fourth-order valence-corrected chi connectivity index (χ4v) is 0.773. The van der Waals surface area contributed by atoms with E-state index >= 15 is 0 Å². The molecule has 0 spiro atoms. The van der Waals surface area contributed by atoms with Crippen LogP contribution in [0.3, 0.4) is 0 Å². The van der Waals surface area contributed by atoms with Crippen LogP contribution in [0.2, 0.25) is 0 Å². The molecule has 88 valence electrons. The number of hydrogen-bond acceptors (Lipinski definition) is 3. The second-order valence-corrected chi connectivity index (χ2v) is 4.26. The number of likely N-dealkylation sites (N-methyl/N-ethyl adjacent to an activating group) is 1. The number of carbonyl (C=O) groups excluding carboxylic acids is 2. The van der Waals surface area contributed by atoms with E-state index in [-0.39, 0.29) is 12.5 Å². The van der Waals surface area contributed by atoms with Crippen molar-refractivity contribution in [3.8, 4) is 0 Å². The highest BCUT2D eigenvalue weighted by Crippen LogP contribution is 2.06. The normalized spacial score (nSPS) is 10.7. The van der Waals surface area contributed by atoms with E-state index < -0.39 is 11.7 Å². The third-order valence-corrected chi connectivity index (χ3v) is 1.68. The van der Waals surface area contributed by atoms with Crippen molar-refractivity contribution in [1.29, 1.82) is 0 Å². The molecule has 0 saturated carbocycles. The lowest BCUT2D eigenvalue weighted by atomic mass is 10.2. The van der Waals surface area contributed by atoms with Gasteiger partial charge in [0.05, 0.1) is 0 Å². The molecular formula is C10H20N2O3. The van der Waals surface area contributed by atoms with Gasteiger partial charge in [0.1, 0.15) is 12.1 Å². The molecule has 0 aliphatic carbocycles. The molecule has 0 aromatic heterocycles. The average molecular weight is 216 g/mol. The van der Waals surface area contributed by atoms with Crippen LogP contribution in [-0.4, -0.2) is 42.6 Å². The number of nitrogens with zero attached hydrogens (tertiary/aromatic N) is 1. The van der Waals surface area contributed by atoms with Gasteiger partial charge in [0, 0.05) is 13.6 Å². The molecule has 0 rings (SSSR count). The number of alkyl carbamates (subject to hydrolysis) is 1. The van der Waals surface area contributed by atoms with Crippen LogP contribution in [0.25, 0.3) is 0 Å². The quantitative estimate of drug-likeness (QED) is 0.765. The minimum Gasteiger partial charge on any atom is -0.444 e. The largest absolute Gasteiger partial charge is 0.444 e. The van der Waals surface area contributed by atoms with Gasteiger partial charge in [-0.15, -0.1) is 0 Å². The Kier molecular flexibility index (Phi) is 5.11. The molecule has 0 heterocycles. The Labute approximate surface area is 90.8 Å². The number of hydrogen-bond donors (Lipinski definition) is 1. The predicted octanol–water partition coefficient (Wildman–Crippen LogP) is 0.989. The maximum Gasteiger partial charge on any atom is 0.408 e. The van der Waals surface area contributed by atoms with Gasteiger partial charge in [-0.3, -0.25) is 4.79 Å². The first kappa shape index (κ1) is 13.7. The number of nitrogens with one attached hydrogen (secondary N) is 1. The van der Waals surface area contributed by atoms with Crippen LogP contribution >= 0.6 is 0 Å². The minimum atomic E-state index is -0.569. The maximum absolute atomic E-state index is 11.3. The molecule has 0 bridgehead atoms. The average Bonchev–Trinajstić information content (AvgIpc) is 2.10. The molecule has 0 aliphatic rings. The van der Waals surface area contributed by atoms with Crippen LogP contribution < -0.4 is 5.32 Å². The Hall–Kier alpha value is -1.26. The summed E-state index contributed by atoms with van der Waals surface area (Å²) in [5.74, 6) is -0.136. The zero-order valence-corrected chi connectivity index (χ0v) is 10.1. The Morgan fingerprint density at radius 3 is 2.27 bits per heavy atom. The molecule has 0 aromatic carbocycles. The molecular weight excluding hydrogens is 196 g/mol. The summed E-state index contributed by atoms with van der Waals surface area (Å²) in [7, 11) is 1.68. The molecule has 2 amide bonds. The van der Waals surface area contributed by atoms with Gasteiger partial charge in [0.15, 0.2) is 0 Å². The van der Waals surface area contributed by atoms with Crippen molar-refractivity contribution in [2.75, 3.05) is 20.1 Å². The van der Waals surface area contributed by atoms with E-state index in [9.17, 15) is 9.59 Å². The third kappa shape index (κ3) is 6.76. The highest BCUT2D eigenvalue weighted by Gasteiger charge is 2.17. The fraction of sp³-hybridized carbons (Fsp3) is 0.800. The summed E-state index contributed by atoms with van der Waals surface area (Å²) >= 11 is 0. The molecule has 0 aromatic rings. The van der Waals surface area contributed by atoms with Gasteiger partial charge in [-0.05, 0) is 27.7 Å². The van der Waals surface area contributed by atoms with E-state index in [1.54, 1.807) is 27.8 Å². The molecule has 0 aliphatic heterocycles. The summed E-state index contributed by atoms with van der Waals surface area (Å²) in [6.45, 7) is 7.77. The summed E-state index contributed by atoms with van der Waals surface area (Å²) in [4.78, 5) is 24.0. The lowest BCUT2D eigenvalue weighted by Crippen LogP contribution is -2.40. The number of carbonyl (C=O) groups is 2. The summed E-state index contributed by atoms with van der Waals surface area (Å²) in [5.41, 5.74) is -0.538. The van der Waals surface area contributed by atoms with Crippen molar-refractivity contribution in [1.82, 2.24) is 10.2 Å². The molecule has 0 radical (unpaired) electrons. The first-order chi connectivity index (χ1) is 6.76. The van der Waals surface area contributed by atoms with Crippen molar-refractivity contribution in [2.24, 2.45) is 0 Å². The van der Waals surface area contributed by atoms with E-state index in [2.05, 4.69) is 5.32 Å². The van der Waals surface area contributed by atoms with Gasteiger partial charge in [0.25, 0.3) is 0 Å². The van der Waals surface area contributed by atoms with Gasteiger partial charge in [-0.2, -0.15) is 0 Å². The summed E-state index contributed by atoms with van der Waals surface area (Å²) in [6.07, 6.45) is -0.569. The predicted molar refractivity (Wildman–Crippen MR) is 57.5 cm³/mol. The molecule has 0 atom stereocenters. The Morgan fingerprint density at radius 2 is 1.87 bits per heavy atom. The van der Waals surface area contributed by atoms with Crippen LogP contribution in [0.1, 0.15) is 27.7 Å². The van der Waals surface area contributed by atoms with Gasteiger partial charge in [-0.25, -0.2) is 4.79 Å². The first-order valence-corrected chi connectivity index (χ1v) is 4.97. The highest BCUT2D eigenvalue weighted by atomic mass is 16.6. The van der Waals surface area contributed by atoms with Crippen molar-refractivity contribution in [2.45, 2.75) is 33.3 Å². The second kappa shape index (κ2) is 5.58. The SMILES string of the molecule is CCN(C)C(=O)CNC(=O)OC(C)(C)C. The number of amides is 2. The van der Waals surface area contributed by atoms with Crippen LogP contribution in [0.15, 0.2) is 0 Å². The fourth-order valence-electron chi connectivity index (χ4n) is 0.773. The zero-order chi connectivity index (χ0) is 12.1. The van der Waals surface area contributed by atoms with Crippen LogP contribution in [0, 0.1) is 0 Å². The Morgan fingerprint density at radius 1 is 1.33 bits per heavy atom. The first-order valence-electron chi connectivity index (χ1n) is 4.97. The van der Waals surface area contributed by atoms with E-state index in [0.29, 0.717) is 6.54 Å². The van der Waals surface area contributed by atoms with Crippen LogP contribution in [0.4, 0.5) is 4.79 Å². The Balaban J connectivity index is 3.87. The van der Waals surface area contributed by atoms with Crippen LogP contribution in [-0.2, 0) is 9.53 Å². The van der Waals surface area contributed by atoms with E-state index in [4.69, 9.17) is 4.74 Å². The van der Waals surface area contributed by atoms with E-state index in [1.807, 2.05) is 6.92 Å². The van der Waals surface area contributed by atoms with Crippen LogP contribution in [0.5, 0.6) is 0 Å². The standard InChI is InChI=1S/C10H20N2O3/c1-6-12(5)8(13)7-11-9(14)15-10(2,3)4/h6-7H2,1-5H3,(H,11,14). The minimum absolute atomic E-state index is 0.0285. The van der Waals surface area contributed by atoms with Crippen molar-refractivity contribution < 1.29 is 14.3 Å². The topological polar surface area (TPSA) is 58.6 Å². The summed E-state index contributed by atoms with van der Waals surface area (Å²) in [5, 5.41) is 2.40. The van der Waals surface area contributed by atoms with E-state index in [1.165, 1.54) is 4.90 Å². The van der Waals surface area contributed by atoms with Crippen molar-refractivity contribution in [3.05, 3.63) is 0 Å². The van der Waals surface area contributed by atoms with Gasteiger partial charge in [0.2, 0.25) is 5.91 Å². The van der Waals surface area contributed by atoms with E-state index in [0.717, 1.165) is 0 Å². The molecule has 1 N–H and O–H groups in total. The summed E-state index contributed by atoms with van der Waals surface area (Å²) < 4.78 is 4.98. The lowest BCUT2D eigenvalue weighted by Gasteiger charge is -2.20. The molecule has 0 fully saturated rings. The van der Waals surface area contributed by atoms with Crippen molar-refractivity contribution >= 4 is 12.0 Å². The monoisotopic (exact) mass is 216 g/mol. The van der Waals surface area contributed by atoms with Gasteiger partial charge < -0.3 is 15.0 Å². The molecule has 15 heavy (non-hydrogen) atoms. The Bertz CT molecular complexity index is 233.